The Morgan fingerprint density at radius 2 is 1.59 bits per heavy atom. The van der Waals surface area contributed by atoms with Crippen molar-refractivity contribution in [3.05, 3.63) is 65.7 Å². The van der Waals surface area contributed by atoms with Crippen LogP contribution in [0.5, 0.6) is 5.75 Å². The molecule has 1 aliphatic heterocycles. The SMILES string of the molecule is COCCO[C@@H](CCOCc1ccc(OC)cc1)[C@H](CC1([C@@H](C)CC=O)SCCCS1)OCc1ccccc1. The third-order valence-electron chi connectivity index (χ3n) is 6.98. The number of carbonyl (C=O) groups excluding carboxylic acids is 1. The Hall–Kier alpha value is -1.55. The van der Waals surface area contributed by atoms with E-state index in [1.54, 1.807) is 14.2 Å². The molecule has 0 saturated carbocycles. The Kier molecular flexibility index (Phi) is 14.8. The average Bonchev–Trinajstić information content (AvgIpc) is 2.98. The minimum absolute atomic E-state index is 0.0899. The van der Waals surface area contributed by atoms with Gasteiger partial charge in [0.1, 0.15) is 12.0 Å². The highest BCUT2D eigenvalue weighted by Gasteiger charge is 2.43. The molecule has 2 aromatic rings. The molecular formula is C31H44O6S2. The van der Waals surface area contributed by atoms with Crippen molar-refractivity contribution < 1.29 is 28.5 Å². The van der Waals surface area contributed by atoms with Crippen molar-refractivity contribution in [1.82, 2.24) is 0 Å². The summed E-state index contributed by atoms with van der Waals surface area (Å²) in [6.45, 7) is 4.79. The molecule has 6 nitrogen and oxygen atoms in total. The third kappa shape index (κ3) is 10.7. The number of methoxy groups -OCH3 is 2. The molecule has 1 aliphatic rings. The molecule has 3 atom stereocenters. The van der Waals surface area contributed by atoms with Gasteiger partial charge in [-0.05, 0) is 53.5 Å². The number of hydrogen-bond donors (Lipinski definition) is 0. The van der Waals surface area contributed by atoms with Crippen LogP contribution in [0.4, 0.5) is 0 Å². The topological polar surface area (TPSA) is 63.2 Å². The normalized spacial score (nSPS) is 17.3. The Labute approximate surface area is 242 Å². The predicted octanol–water partition coefficient (Wildman–Crippen LogP) is 6.40. The second kappa shape index (κ2) is 18.0. The first-order valence-electron chi connectivity index (χ1n) is 13.8. The zero-order chi connectivity index (χ0) is 27.8. The quantitative estimate of drug-likeness (QED) is 0.141. The van der Waals surface area contributed by atoms with Crippen molar-refractivity contribution >= 4 is 29.8 Å². The lowest BCUT2D eigenvalue weighted by molar-refractivity contribution is -0.109. The van der Waals surface area contributed by atoms with Crippen molar-refractivity contribution in [2.24, 2.45) is 5.92 Å². The van der Waals surface area contributed by atoms with Crippen LogP contribution in [-0.4, -0.2) is 68.1 Å². The summed E-state index contributed by atoms with van der Waals surface area (Å²) in [6, 6.07) is 18.2. The van der Waals surface area contributed by atoms with E-state index in [4.69, 9.17) is 23.7 Å². The lowest BCUT2D eigenvalue weighted by Gasteiger charge is -2.44. The number of ether oxygens (including phenoxy) is 5. The van der Waals surface area contributed by atoms with Gasteiger partial charge in [0.2, 0.25) is 0 Å². The van der Waals surface area contributed by atoms with Gasteiger partial charge in [0.15, 0.2) is 0 Å². The zero-order valence-electron chi connectivity index (χ0n) is 23.5. The number of hydrogen-bond acceptors (Lipinski definition) is 8. The maximum atomic E-state index is 11.5. The maximum Gasteiger partial charge on any atom is 0.120 e. The molecule has 0 aromatic heterocycles. The summed E-state index contributed by atoms with van der Waals surface area (Å²) in [4.78, 5) is 11.5. The highest BCUT2D eigenvalue weighted by atomic mass is 32.2. The fraction of sp³-hybridized carbons (Fsp3) is 0.581. The standard InChI is InChI=1S/C31H44O6S2/c1-25(14-16-32)31(38-20-7-21-39-31)22-30(37-24-26-8-5-4-6-9-26)29(36-19-18-33-2)15-17-35-23-27-10-12-28(34-3)13-11-27/h4-6,8-13,16,25,29-30H,7,14-15,17-24H2,1-3H3/t25-,29-,30-/m0/s1. The number of aldehydes is 1. The first kappa shape index (κ1) is 32.0. The molecule has 0 N–H and O–H groups in total. The van der Waals surface area contributed by atoms with Gasteiger partial charge in [-0.2, -0.15) is 0 Å². The van der Waals surface area contributed by atoms with Crippen molar-refractivity contribution in [3.8, 4) is 5.75 Å². The second-order valence-electron chi connectivity index (χ2n) is 9.80. The molecule has 0 amide bonds. The Morgan fingerprint density at radius 3 is 2.26 bits per heavy atom. The molecule has 1 saturated heterocycles. The first-order valence-corrected chi connectivity index (χ1v) is 15.8. The highest BCUT2D eigenvalue weighted by Crippen LogP contribution is 2.52. The van der Waals surface area contributed by atoms with E-state index in [2.05, 4.69) is 19.1 Å². The molecule has 39 heavy (non-hydrogen) atoms. The van der Waals surface area contributed by atoms with Crippen molar-refractivity contribution in [2.45, 2.75) is 62.1 Å². The van der Waals surface area contributed by atoms with E-state index in [1.807, 2.05) is 66.0 Å². The van der Waals surface area contributed by atoms with Gasteiger partial charge in [-0.25, -0.2) is 0 Å². The van der Waals surface area contributed by atoms with E-state index >= 15 is 0 Å². The molecule has 1 heterocycles. The molecule has 8 heteroatoms. The van der Waals surface area contributed by atoms with Crippen molar-refractivity contribution in [2.75, 3.05) is 45.5 Å². The van der Waals surface area contributed by atoms with E-state index in [-0.39, 0.29) is 22.2 Å². The fourth-order valence-corrected chi connectivity index (χ4v) is 8.25. The smallest absolute Gasteiger partial charge is 0.120 e. The summed E-state index contributed by atoms with van der Waals surface area (Å²) in [5.74, 6) is 3.27. The molecule has 3 rings (SSSR count). The Balaban J connectivity index is 1.73. The summed E-state index contributed by atoms with van der Waals surface area (Å²) in [6.07, 6.45) is 3.98. The van der Waals surface area contributed by atoms with Gasteiger partial charge in [-0.1, -0.05) is 49.4 Å². The van der Waals surface area contributed by atoms with Crippen LogP contribution in [-0.2, 0) is 37.0 Å². The summed E-state index contributed by atoms with van der Waals surface area (Å²) in [7, 11) is 3.35. The summed E-state index contributed by atoms with van der Waals surface area (Å²) in [5, 5.41) is 0. The van der Waals surface area contributed by atoms with Crippen LogP contribution < -0.4 is 4.74 Å². The molecule has 0 radical (unpaired) electrons. The van der Waals surface area contributed by atoms with Gasteiger partial charge in [0.25, 0.3) is 0 Å². The van der Waals surface area contributed by atoms with E-state index in [9.17, 15) is 4.79 Å². The van der Waals surface area contributed by atoms with Gasteiger partial charge in [0.05, 0.1) is 49.8 Å². The van der Waals surface area contributed by atoms with E-state index < -0.39 is 0 Å². The van der Waals surface area contributed by atoms with Crippen LogP contribution >= 0.6 is 23.5 Å². The first-order chi connectivity index (χ1) is 19.1. The second-order valence-corrected chi connectivity index (χ2v) is 12.9. The maximum absolute atomic E-state index is 11.5. The molecule has 2 aromatic carbocycles. The molecule has 0 spiro atoms. The zero-order valence-corrected chi connectivity index (χ0v) is 25.2. The van der Waals surface area contributed by atoms with E-state index in [0.717, 1.165) is 41.1 Å². The number of carbonyl (C=O) groups is 1. The monoisotopic (exact) mass is 576 g/mol. The molecule has 0 aliphatic carbocycles. The number of benzene rings is 2. The van der Waals surface area contributed by atoms with Crippen LogP contribution in [0.25, 0.3) is 0 Å². The number of thioether (sulfide) groups is 2. The van der Waals surface area contributed by atoms with Crippen LogP contribution in [0.3, 0.4) is 0 Å². The largest absolute Gasteiger partial charge is 0.497 e. The molecule has 0 bridgehead atoms. The van der Waals surface area contributed by atoms with Crippen LogP contribution in [0.2, 0.25) is 0 Å². The van der Waals surface area contributed by atoms with E-state index in [0.29, 0.717) is 45.9 Å². The average molecular weight is 577 g/mol. The molecular weight excluding hydrogens is 532 g/mol. The fourth-order valence-electron chi connectivity index (χ4n) is 4.64. The third-order valence-corrected chi connectivity index (χ3v) is 10.8. The molecule has 216 valence electrons. The van der Waals surface area contributed by atoms with Gasteiger partial charge in [0, 0.05) is 26.6 Å². The summed E-state index contributed by atoms with van der Waals surface area (Å²) >= 11 is 3.97. The van der Waals surface area contributed by atoms with Crippen LogP contribution in [0, 0.1) is 5.92 Å². The van der Waals surface area contributed by atoms with Gasteiger partial charge < -0.3 is 28.5 Å². The minimum Gasteiger partial charge on any atom is -0.497 e. The van der Waals surface area contributed by atoms with Crippen molar-refractivity contribution in [3.63, 3.8) is 0 Å². The predicted molar refractivity (Wildman–Crippen MR) is 161 cm³/mol. The molecule has 1 fully saturated rings. The summed E-state index contributed by atoms with van der Waals surface area (Å²) in [5.41, 5.74) is 2.23. The summed E-state index contributed by atoms with van der Waals surface area (Å²) < 4.78 is 29.6. The van der Waals surface area contributed by atoms with Crippen LogP contribution in [0.1, 0.15) is 43.7 Å². The van der Waals surface area contributed by atoms with E-state index in [1.165, 1.54) is 6.42 Å². The Morgan fingerprint density at radius 1 is 0.872 bits per heavy atom. The minimum atomic E-state index is -0.164. The van der Waals surface area contributed by atoms with Gasteiger partial charge in [-0.15, -0.1) is 23.5 Å². The van der Waals surface area contributed by atoms with Crippen LogP contribution in [0.15, 0.2) is 54.6 Å². The number of rotatable bonds is 19. The lowest BCUT2D eigenvalue weighted by atomic mass is 9.95. The highest BCUT2D eigenvalue weighted by molar-refractivity contribution is 8.18. The van der Waals surface area contributed by atoms with Crippen molar-refractivity contribution in [1.29, 1.82) is 0 Å². The lowest BCUT2D eigenvalue weighted by Crippen LogP contribution is -2.43. The molecule has 0 unspecified atom stereocenters. The van der Waals surface area contributed by atoms with Gasteiger partial charge >= 0.3 is 0 Å². The van der Waals surface area contributed by atoms with Gasteiger partial charge in [-0.3, -0.25) is 0 Å². The Bertz CT molecular complexity index is 920.